The van der Waals surface area contributed by atoms with E-state index in [0.717, 1.165) is 24.1 Å². The van der Waals surface area contributed by atoms with Crippen LogP contribution in [0, 0.1) is 0 Å². The van der Waals surface area contributed by atoms with Crippen LogP contribution in [-0.4, -0.2) is 32.9 Å². The zero-order valence-corrected chi connectivity index (χ0v) is 18.4. The van der Waals surface area contributed by atoms with Crippen LogP contribution in [0.2, 0.25) is 5.02 Å². The lowest BCUT2D eigenvalue weighted by molar-refractivity contribution is 0.0560. The van der Waals surface area contributed by atoms with Crippen molar-refractivity contribution in [1.82, 2.24) is 4.90 Å². The highest BCUT2D eigenvalue weighted by Crippen LogP contribution is 2.26. The predicted molar refractivity (Wildman–Crippen MR) is 117 cm³/mol. The van der Waals surface area contributed by atoms with Gasteiger partial charge in [-0.1, -0.05) is 23.7 Å². The summed E-state index contributed by atoms with van der Waals surface area (Å²) in [6.45, 7) is 1.88. The Hall–Kier alpha value is -2.81. The van der Waals surface area contributed by atoms with Gasteiger partial charge in [0.05, 0.1) is 24.2 Å². The molecule has 162 valence electrons. The molecule has 9 heteroatoms. The normalized spacial score (nSPS) is 14.1. The SMILES string of the molecule is COC(=O)c1ccc(CN2CCc3ccc(S(=O)(=O)Nc4cccc(Cl)c4)cc3C2)o1. The van der Waals surface area contributed by atoms with Crippen molar-refractivity contribution in [2.75, 3.05) is 18.4 Å². The summed E-state index contributed by atoms with van der Waals surface area (Å²) in [7, 11) is -2.44. The van der Waals surface area contributed by atoms with Crippen molar-refractivity contribution in [3.8, 4) is 0 Å². The number of methoxy groups -OCH3 is 1. The Kier molecular flexibility index (Phi) is 6.04. The van der Waals surface area contributed by atoms with Gasteiger partial charge in [0.1, 0.15) is 5.76 Å². The number of benzene rings is 2. The van der Waals surface area contributed by atoms with Gasteiger partial charge in [-0.3, -0.25) is 9.62 Å². The van der Waals surface area contributed by atoms with E-state index >= 15 is 0 Å². The smallest absolute Gasteiger partial charge is 0.373 e. The van der Waals surface area contributed by atoms with Gasteiger partial charge in [0, 0.05) is 18.1 Å². The zero-order valence-electron chi connectivity index (χ0n) is 16.8. The van der Waals surface area contributed by atoms with Gasteiger partial charge in [-0.15, -0.1) is 0 Å². The first-order chi connectivity index (χ1) is 14.8. The predicted octanol–water partition coefficient (Wildman–Crippen LogP) is 4.08. The number of halogens is 1. The molecule has 0 bridgehead atoms. The molecule has 0 spiro atoms. The summed E-state index contributed by atoms with van der Waals surface area (Å²) in [4.78, 5) is 13.9. The topological polar surface area (TPSA) is 88.8 Å². The molecule has 0 aliphatic carbocycles. The minimum Gasteiger partial charge on any atom is -0.463 e. The largest absolute Gasteiger partial charge is 0.463 e. The highest BCUT2D eigenvalue weighted by molar-refractivity contribution is 7.92. The average molecular weight is 461 g/mol. The number of esters is 1. The van der Waals surface area contributed by atoms with Crippen LogP contribution in [0.5, 0.6) is 0 Å². The Balaban J connectivity index is 1.50. The quantitative estimate of drug-likeness (QED) is 0.557. The second-order valence-electron chi connectivity index (χ2n) is 7.26. The van der Waals surface area contributed by atoms with Crippen LogP contribution in [0.1, 0.15) is 27.4 Å². The van der Waals surface area contributed by atoms with Gasteiger partial charge in [0.25, 0.3) is 10.0 Å². The van der Waals surface area contributed by atoms with Crippen molar-refractivity contribution in [3.05, 3.63) is 82.3 Å². The van der Waals surface area contributed by atoms with Crippen molar-refractivity contribution in [3.63, 3.8) is 0 Å². The maximum absolute atomic E-state index is 12.8. The van der Waals surface area contributed by atoms with Crippen LogP contribution in [-0.2, 0) is 34.3 Å². The highest BCUT2D eigenvalue weighted by atomic mass is 35.5. The Morgan fingerprint density at radius 2 is 2.00 bits per heavy atom. The molecule has 1 N–H and O–H groups in total. The van der Waals surface area contributed by atoms with Crippen LogP contribution >= 0.6 is 11.6 Å². The zero-order chi connectivity index (χ0) is 22.0. The first-order valence-electron chi connectivity index (χ1n) is 9.63. The summed E-state index contributed by atoms with van der Waals surface area (Å²) < 4.78 is 38.5. The monoisotopic (exact) mass is 460 g/mol. The number of nitrogens with zero attached hydrogens (tertiary/aromatic N) is 1. The van der Waals surface area contributed by atoms with Crippen molar-refractivity contribution in [2.45, 2.75) is 24.4 Å². The van der Waals surface area contributed by atoms with E-state index in [1.165, 1.54) is 7.11 Å². The van der Waals surface area contributed by atoms with Crippen molar-refractivity contribution in [1.29, 1.82) is 0 Å². The average Bonchev–Trinajstić information content (AvgIpc) is 3.21. The molecule has 1 aromatic heterocycles. The third-order valence-corrected chi connectivity index (χ3v) is 6.70. The molecule has 0 saturated heterocycles. The number of furan rings is 1. The number of carbonyl (C=O) groups excluding carboxylic acids is 1. The first kappa shape index (κ1) is 21.4. The van der Waals surface area contributed by atoms with Crippen LogP contribution in [0.25, 0.3) is 0 Å². The van der Waals surface area contributed by atoms with Crippen LogP contribution in [0.15, 0.2) is 63.9 Å². The Labute approximate surface area is 185 Å². The number of rotatable bonds is 6. The van der Waals surface area contributed by atoms with Gasteiger partial charge in [0.2, 0.25) is 5.76 Å². The number of ether oxygens (including phenoxy) is 1. The number of fused-ring (bicyclic) bond motifs is 1. The number of carbonyl (C=O) groups is 1. The van der Waals surface area contributed by atoms with Crippen LogP contribution < -0.4 is 4.72 Å². The lowest BCUT2D eigenvalue weighted by Gasteiger charge is -2.28. The fourth-order valence-electron chi connectivity index (χ4n) is 3.55. The molecule has 0 saturated carbocycles. The molecule has 0 atom stereocenters. The fraction of sp³-hybridized carbons (Fsp3) is 0.227. The third kappa shape index (κ3) is 4.92. The molecule has 0 radical (unpaired) electrons. The molecule has 0 amide bonds. The van der Waals surface area contributed by atoms with E-state index in [1.807, 2.05) is 6.07 Å². The van der Waals surface area contributed by atoms with Crippen molar-refractivity contribution in [2.24, 2.45) is 0 Å². The molecule has 3 aromatic rings. The minimum atomic E-state index is -3.75. The van der Waals surface area contributed by atoms with Gasteiger partial charge in [-0.2, -0.15) is 0 Å². The van der Waals surface area contributed by atoms with Gasteiger partial charge < -0.3 is 9.15 Å². The van der Waals surface area contributed by atoms with Crippen molar-refractivity contribution >= 4 is 33.3 Å². The molecule has 4 rings (SSSR count). The number of sulfonamides is 1. The molecule has 0 fully saturated rings. The molecular weight excluding hydrogens is 440 g/mol. The van der Waals surface area contributed by atoms with Crippen LogP contribution in [0.4, 0.5) is 5.69 Å². The number of nitrogens with one attached hydrogen (secondary N) is 1. The summed E-state index contributed by atoms with van der Waals surface area (Å²) in [5.74, 6) is 0.294. The second kappa shape index (κ2) is 8.74. The molecule has 7 nitrogen and oxygen atoms in total. The summed E-state index contributed by atoms with van der Waals surface area (Å²) in [6, 6.07) is 15.1. The second-order valence-corrected chi connectivity index (χ2v) is 9.38. The lowest BCUT2D eigenvalue weighted by Crippen LogP contribution is -2.30. The summed E-state index contributed by atoms with van der Waals surface area (Å²) in [6.07, 6.45) is 0.794. The minimum absolute atomic E-state index is 0.162. The first-order valence-corrected chi connectivity index (χ1v) is 11.5. The maximum Gasteiger partial charge on any atom is 0.373 e. The van der Waals surface area contributed by atoms with Crippen LogP contribution in [0.3, 0.4) is 0 Å². The lowest BCUT2D eigenvalue weighted by atomic mass is 10.00. The molecule has 1 aliphatic rings. The Morgan fingerprint density at radius 1 is 1.16 bits per heavy atom. The van der Waals surface area contributed by atoms with E-state index in [-0.39, 0.29) is 10.7 Å². The van der Waals surface area contributed by atoms with Gasteiger partial charge in [0.15, 0.2) is 0 Å². The Bertz CT molecular complexity index is 1220. The van der Waals surface area contributed by atoms with Crippen molar-refractivity contribution < 1.29 is 22.4 Å². The molecule has 2 heterocycles. The third-order valence-electron chi connectivity index (χ3n) is 5.08. The molecular formula is C22H21ClN2O5S. The summed E-state index contributed by atoms with van der Waals surface area (Å²) >= 11 is 5.95. The van der Waals surface area contributed by atoms with E-state index in [1.54, 1.807) is 48.5 Å². The number of anilines is 1. The highest BCUT2D eigenvalue weighted by Gasteiger charge is 2.22. The van der Waals surface area contributed by atoms with Gasteiger partial charge >= 0.3 is 5.97 Å². The van der Waals surface area contributed by atoms with E-state index in [0.29, 0.717) is 29.6 Å². The molecule has 31 heavy (non-hydrogen) atoms. The van der Waals surface area contributed by atoms with Gasteiger partial charge in [-0.25, -0.2) is 13.2 Å². The standard InChI is InChI=1S/C22H21ClN2O5S/c1-29-22(26)21-8-6-19(30-21)14-25-10-9-15-5-7-20(11-16(15)13-25)31(27,28)24-18-4-2-3-17(23)12-18/h2-8,11-12,24H,9-10,13-14H2,1H3. The molecule has 1 aliphatic heterocycles. The fourth-order valence-corrected chi connectivity index (χ4v) is 4.84. The van der Waals surface area contributed by atoms with E-state index in [9.17, 15) is 13.2 Å². The van der Waals surface area contributed by atoms with Gasteiger partial charge in [-0.05, 0) is 60.0 Å². The van der Waals surface area contributed by atoms with E-state index in [4.69, 9.17) is 16.0 Å². The maximum atomic E-state index is 12.8. The van der Waals surface area contributed by atoms with E-state index in [2.05, 4.69) is 14.4 Å². The molecule has 0 unspecified atom stereocenters. The van der Waals surface area contributed by atoms with E-state index < -0.39 is 16.0 Å². The Morgan fingerprint density at radius 3 is 2.77 bits per heavy atom. The number of hydrogen-bond donors (Lipinski definition) is 1. The summed E-state index contributed by atoms with van der Waals surface area (Å²) in [5, 5.41) is 0.453. The summed E-state index contributed by atoms with van der Waals surface area (Å²) in [5.41, 5.74) is 2.47. The number of hydrogen-bond acceptors (Lipinski definition) is 6. The molecule has 2 aromatic carbocycles.